The normalized spacial score (nSPS) is 29.7. The van der Waals surface area contributed by atoms with Crippen LogP contribution in [0.4, 0.5) is 0 Å². The average Bonchev–Trinajstić information content (AvgIpc) is 1.56. The zero-order valence-corrected chi connectivity index (χ0v) is 83.4. The van der Waals surface area contributed by atoms with Gasteiger partial charge < -0.3 is 78.8 Å². The molecule has 8 saturated heterocycles. The molecule has 0 spiro atoms. The van der Waals surface area contributed by atoms with Crippen molar-refractivity contribution in [2.45, 2.75) is 230 Å². The molecule has 14 heterocycles. The van der Waals surface area contributed by atoms with Crippen LogP contribution < -0.4 is 5.32 Å². The number of amidine groups is 3. The highest BCUT2D eigenvalue weighted by molar-refractivity contribution is 8.18. The van der Waals surface area contributed by atoms with Crippen molar-refractivity contribution in [1.29, 1.82) is 0 Å². The highest BCUT2D eigenvalue weighted by Gasteiger charge is 2.60. The molecule has 5 amide bonds. The molecule has 6 aromatic carbocycles. The number of β-amino-alcohol motifs (C(OH)–C–C–N with tert-alkyl or cyclic N) is 2. The third-order valence-corrected chi connectivity index (χ3v) is 32.1. The minimum Gasteiger partial charge on any atom is -0.480 e. The fourth-order valence-corrected chi connectivity index (χ4v) is 26.1. The number of carboxylic acids is 1. The standard InChI is InChI=1S/C34H38Cl2N4O4S.C31H34Cl2N4O4S.C27H27Cl2N3O3S.C7H13NO2/c1-19(2)27-28(31(42)39-16-6-7-24(39)30(41)38-17-25-26(18-38)44-33(3,4)43-25)45-32-37-34(5,21-10-14-23(36)15-11-21)29(40(27)32)20-8-12-22(35)13-9-20;1-17(2)25-26(29(41)36-14-4-5-22(36)28(40)35-15-23(38)24(39)16-35)42-30-34-31(3,19-8-12-21(33)13-9-19)27(37(25)30)18-6-10-20(32)11-7-18;1-15(2)21-22(24(33)31-14-4-5-20(31)25(34)35)36-26-30-27(3,17-8-12-19(29)13-9-17)23(32(21)26)16-6-10-18(28)11-7-16;1-7(2)9-5-3-8-4-6(5)10-7/h8-15,19,24-26,29H,6-7,16-18H2,1-5H3;6-13,17,22-24,27,38-39H,4-5,14-16H2,1-3H3;6-13,15,20,23H,4-5,14H2,1-3H3,(H,34,35);5-6,8H,3-4H2,1-2H3/t24-,25-,26+,29+,34-;22-,23-,24+,27+,31-;20-,23+,27-;5-,6+/m000./s1. The number of nitrogens with zero attached hydrogens (tertiary/aromatic N) is 11. The molecule has 133 heavy (non-hydrogen) atoms. The van der Waals surface area contributed by atoms with Gasteiger partial charge in [0.15, 0.2) is 27.1 Å². The molecule has 20 rings (SSSR count). The zero-order chi connectivity index (χ0) is 94.7. The molecule has 15 atom stereocenters. The Hall–Kier alpha value is -7.72. The van der Waals surface area contributed by atoms with Crippen LogP contribution in [0.1, 0.15) is 180 Å². The molecule has 34 heteroatoms. The lowest BCUT2D eigenvalue weighted by molar-refractivity contribution is -0.162. The molecule has 4 N–H and O–H groups in total. The number of carboxylic acid groups (broad SMARTS) is 1. The maximum atomic E-state index is 14.5. The van der Waals surface area contributed by atoms with Crippen LogP contribution in [0, 0.1) is 17.8 Å². The van der Waals surface area contributed by atoms with Crippen LogP contribution in [-0.2, 0) is 64.3 Å². The third-order valence-electron chi connectivity index (χ3n) is 27.4. The van der Waals surface area contributed by atoms with Crippen LogP contribution in [0.15, 0.2) is 192 Å². The van der Waals surface area contributed by atoms with Gasteiger partial charge in [-0.3, -0.25) is 24.0 Å². The molecule has 8 fully saturated rings. The molecule has 14 aliphatic heterocycles. The molecule has 0 bridgehead atoms. The van der Waals surface area contributed by atoms with E-state index in [0.29, 0.717) is 110 Å². The van der Waals surface area contributed by atoms with Crippen molar-refractivity contribution in [3.63, 3.8) is 0 Å². The third kappa shape index (κ3) is 18.7. The summed E-state index contributed by atoms with van der Waals surface area (Å²) >= 11 is 41.6. The van der Waals surface area contributed by atoms with Gasteiger partial charge in [0, 0.05) is 106 Å². The fraction of sp³-hybridized carbons (Fsp3) is 0.485. The Morgan fingerprint density at radius 1 is 0.383 bits per heavy atom. The van der Waals surface area contributed by atoms with Gasteiger partial charge in [-0.05, 0) is 246 Å². The van der Waals surface area contributed by atoms with Crippen LogP contribution in [-0.4, -0.2) is 231 Å². The Balaban J connectivity index is 0.000000132. The Kier molecular flexibility index (Phi) is 27.9. The fourth-order valence-electron chi connectivity index (χ4n) is 21.3. The molecular formula is C99H112Cl6N12O13S3. The smallest absolute Gasteiger partial charge is 0.326 e. The zero-order valence-electron chi connectivity index (χ0n) is 76.5. The number of benzene rings is 6. The summed E-state index contributed by atoms with van der Waals surface area (Å²) in [6, 6.07) is 44.1. The van der Waals surface area contributed by atoms with Gasteiger partial charge in [-0.2, -0.15) is 0 Å². The van der Waals surface area contributed by atoms with Crippen LogP contribution in [0.3, 0.4) is 0 Å². The minimum absolute atomic E-state index is 0.00727. The maximum Gasteiger partial charge on any atom is 0.326 e. The minimum atomic E-state index is -0.968. The van der Waals surface area contributed by atoms with Gasteiger partial charge >= 0.3 is 5.97 Å². The second-order valence-corrected chi connectivity index (χ2v) is 44.1. The molecule has 0 aromatic heterocycles. The first-order valence-corrected chi connectivity index (χ1v) is 50.4. The van der Waals surface area contributed by atoms with Gasteiger partial charge in [0.1, 0.15) is 73.9 Å². The number of aliphatic hydroxyl groups excluding tert-OH is 2. The van der Waals surface area contributed by atoms with Crippen LogP contribution in [0.25, 0.3) is 0 Å². The second-order valence-electron chi connectivity index (χ2n) is 38.5. The Morgan fingerprint density at radius 3 is 0.917 bits per heavy atom. The van der Waals surface area contributed by atoms with E-state index in [0.717, 1.165) is 85.5 Å². The van der Waals surface area contributed by atoms with Gasteiger partial charge in [0.05, 0.1) is 30.3 Å². The number of hydrogen-bond acceptors (Lipinski definition) is 22. The van der Waals surface area contributed by atoms with Crippen LogP contribution in [0.5, 0.6) is 0 Å². The van der Waals surface area contributed by atoms with Crippen molar-refractivity contribution in [2.75, 3.05) is 58.9 Å². The molecule has 25 nitrogen and oxygen atoms in total. The SMILES string of the molecule is CC(C)C1=C(C(=O)N2CCC[C@H]2C(=O)N2C[C@@H](O)[C@@H](O)C2)SC2=N[C@@](C)(c3ccc(Cl)cc3)[C@@H](c3ccc(Cl)cc3)N21.CC(C)C1=C(C(=O)N2CCC[C@H]2C(=O)N2C[C@@H]3OC(C)(C)O[C@@H]3C2)SC2=N[C@@](C)(c3ccc(Cl)cc3)[C@@H](c3ccc(Cl)cc3)N21.CC(C)C1=C(C(=O)N2CCC[C@H]2C(=O)O)SC2=N[C@@](C)(c3ccc(Cl)cc3)[C@@H](c3ccc(Cl)cc3)N21.CC1(C)O[C@H]2CNC[C@H]2O1. The van der Waals surface area contributed by atoms with Crippen LogP contribution in [0.2, 0.25) is 30.1 Å². The van der Waals surface area contributed by atoms with E-state index in [-0.39, 0.29) is 109 Å². The van der Waals surface area contributed by atoms with Crippen molar-refractivity contribution < 1.29 is 63.0 Å². The highest BCUT2D eigenvalue weighted by Crippen LogP contribution is 2.61. The highest BCUT2D eigenvalue weighted by atomic mass is 35.5. The number of aliphatic carboxylic acids is 1. The maximum absolute atomic E-state index is 14.5. The summed E-state index contributed by atoms with van der Waals surface area (Å²) in [6.45, 7) is 31.0. The Bertz CT molecular complexity index is 5680. The predicted molar refractivity (Wildman–Crippen MR) is 523 cm³/mol. The molecule has 14 aliphatic rings. The predicted octanol–water partition coefficient (Wildman–Crippen LogP) is 17.8. The van der Waals surface area contributed by atoms with E-state index in [2.05, 4.69) is 82.3 Å². The number of rotatable bonds is 15. The van der Waals surface area contributed by atoms with Crippen molar-refractivity contribution in [3.05, 3.63) is 241 Å². The van der Waals surface area contributed by atoms with Crippen molar-refractivity contribution in [1.82, 2.24) is 44.5 Å². The number of aliphatic hydroxyl groups is 2. The number of nitrogens with one attached hydrogen (secondary N) is 1. The van der Waals surface area contributed by atoms with Gasteiger partial charge in [-0.25, -0.2) is 19.8 Å². The molecule has 0 aliphatic carbocycles. The number of carbonyl (C=O) groups excluding carboxylic acids is 5. The number of aliphatic imine (C=N–C) groups is 3. The number of hydrogen-bond donors (Lipinski definition) is 4. The summed E-state index contributed by atoms with van der Waals surface area (Å²) in [6.07, 6.45) is 2.21. The van der Waals surface area contributed by atoms with Gasteiger partial charge in [-0.1, -0.05) is 184 Å². The summed E-state index contributed by atoms with van der Waals surface area (Å²) in [5.41, 5.74) is 6.85. The molecular weight excluding hydrogens is 1870 g/mol. The lowest BCUT2D eigenvalue weighted by Crippen LogP contribution is -2.48. The summed E-state index contributed by atoms with van der Waals surface area (Å²) in [5, 5.41) is 39.1. The lowest BCUT2D eigenvalue weighted by atomic mass is 9.81. The molecule has 6 aromatic rings. The van der Waals surface area contributed by atoms with E-state index in [1.165, 1.54) is 45.1 Å². The number of thioether (sulfide) groups is 3. The van der Waals surface area contributed by atoms with E-state index in [1.54, 1.807) is 9.80 Å². The average molecular weight is 1990 g/mol. The Labute approximate surface area is 819 Å². The molecule has 706 valence electrons. The summed E-state index contributed by atoms with van der Waals surface area (Å²) < 4.78 is 23.2. The van der Waals surface area contributed by atoms with E-state index in [1.807, 2.05) is 178 Å². The van der Waals surface area contributed by atoms with E-state index in [9.17, 15) is 44.1 Å². The summed E-state index contributed by atoms with van der Waals surface area (Å²) in [5.74, 6) is -2.67. The second kappa shape index (κ2) is 38.2. The number of carbonyl (C=O) groups is 6. The van der Waals surface area contributed by atoms with E-state index < -0.39 is 58.7 Å². The van der Waals surface area contributed by atoms with E-state index in [4.69, 9.17) is 104 Å². The first-order chi connectivity index (χ1) is 63.1. The first-order valence-electron chi connectivity index (χ1n) is 45.6. The number of ether oxygens (including phenoxy) is 4. The Morgan fingerprint density at radius 2 is 0.639 bits per heavy atom. The monoisotopic (exact) mass is 1980 g/mol. The number of allylic oxidation sites excluding steroid dienone is 3. The summed E-state index contributed by atoms with van der Waals surface area (Å²) in [7, 11) is 0. The van der Waals surface area contributed by atoms with Gasteiger partial charge in [0.25, 0.3) is 17.7 Å². The number of halogens is 6. The molecule has 0 unspecified atom stereocenters. The molecule has 0 saturated carbocycles. The van der Waals surface area contributed by atoms with Crippen molar-refractivity contribution >= 4 is 156 Å². The van der Waals surface area contributed by atoms with Crippen molar-refractivity contribution in [2.24, 2.45) is 32.7 Å². The van der Waals surface area contributed by atoms with Crippen LogP contribution >= 0.6 is 105 Å². The van der Waals surface area contributed by atoms with E-state index >= 15 is 0 Å². The van der Waals surface area contributed by atoms with Gasteiger partial charge in [-0.15, -0.1) is 0 Å². The van der Waals surface area contributed by atoms with Gasteiger partial charge in [0.2, 0.25) is 11.8 Å². The summed E-state index contributed by atoms with van der Waals surface area (Å²) in [4.78, 5) is 114. The largest absolute Gasteiger partial charge is 0.480 e. The number of amides is 5. The van der Waals surface area contributed by atoms with Crippen molar-refractivity contribution in [3.8, 4) is 0 Å². The number of fused-ring (bicyclic) bond motifs is 5. The topological polar surface area (TPSA) is 275 Å². The lowest BCUT2D eigenvalue weighted by Gasteiger charge is -2.37. The number of likely N-dealkylation sites (tertiary alicyclic amines) is 5. The molecule has 0 radical (unpaired) electrons. The quantitative estimate of drug-likeness (QED) is 0.0743. The first kappa shape index (κ1) is 96.9.